The molecule has 9 heavy (non-hydrogen) atoms. The van der Waals surface area contributed by atoms with Crippen LogP contribution in [0.2, 0.25) is 0 Å². The first-order valence-corrected chi connectivity index (χ1v) is 4.39. The van der Waals surface area contributed by atoms with Crippen LogP contribution in [-0.2, 0) is 0 Å². The van der Waals surface area contributed by atoms with Crippen LogP contribution in [0.4, 0.5) is 0 Å². The fraction of sp³-hybridized carbons (Fsp3) is 0.200. The summed E-state index contributed by atoms with van der Waals surface area (Å²) in [6, 6.07) is 0. The largest absolute Gasteiger partial charge is 0.404 e. The van der Waals surface area contributed by atoms with Crippen LogP contribution < -0.4 is 4.57 Å². The second-order valence-electron chi connectivity index (χ2n) is 1.72. The molecule has 2 nitrogen and oxygen atoms in total. The minimum atomic E-state index is 0.205. The molecule has 0 spiro atoms. The van der Waals surface area contributed by atoms with Crippen LogP contribution in [0.3, 0.4) is 0 Å². The van der Waals surface area contributed by atoms with Crippen molar-refractivity contribution < 1.29 is 9.36 Å². The van der Waals surface area contributed by atoms with E-state index in [1.807, 2.05) is 11.6 Å². The Morgan fingerprint density at radius 3 is 3.33 bits per heavy atom. The molecular formula is C5H4NOS2+. The SMILES string of the molecule is O=C1CSc2scc[n+]21. The van der Waals surface area contributed by atoms with Gasteiger partial charge in [-0.2, -0.15) is 0 Å². The van der Waals surface area contributed by atoms with Crippen LogP contribution in [0.1, 0.15) is 4.79 Å². The van der Waals surface area contributed by atoms with Crippen molar-refractivity contribution in [2.45, 2.75) is 4.34 Å². The van der Waals surface area contributed by atoms with Crippen molar-refractivity contribution in [3.8, 4) is 0 Å². The Bertz CT molecular complexity index is 255. The highest BCUT2D eigenvalue weighted by molar-refractivity contribution is 8.01. The van der Waals surface area contributed by atoms with Crippen LogP contribution in [0.5, 0.6) is 0 Å². The zero-order valence-corrected chi connectivity index (χ0v) is 6.17. The van der Waals surface area contributed by atoms with Gasteiger partial charge in [-0.1, -0.05) is 11.3 Å². The molecule has 0 N–H and O–H groups in total. The maximum absolute atomic E-state index is 10.9. The van der Waals surface area contributed by atoms with E-state index in [4.69, 9.17) is 0 Å². The molecule has 0 fully saturated rings. The molecule has 0 aromatic carbocycles. The minimum absolute atomic E-state index is 0.205. The molecule has 0 atom stereocenters. The lowest BCUT2D eigenvalue weighted by Gasteiger charge is -1.71. The van der Waals surface area contributed by atoms with Gasteiger partial charge < -0.3 is 0 Å². The standard InChI is InChI=1S/C5H4NOS2/c7-4-3-9-5-6(4)1-2-8-5/h1-2H,3H2/q+1. The number of hydrogen-bond acceptors (Lipinski definition) is 3. The summed E-state index contributed by atoms with van der Waals surface area (Å²) < 4.78 is 2.81. The van der Waals surface area contributed by atoms with Crippen LogP contribution in [0, 0.1) is 0 Å². The number of thioether (sulfide) groups is 1. The predicted molar refractivity (Wildman–Crippen MR) is 35.9 cm³/mol. The zero-order valence-electron chi connectivity index (χ0n) is 4.53. The summed E-state index contributed by atoms with van der Waals surface area (Å²) in [5.41, 5.74) is 0. The summed E-state index contributed by atoms with van der Waals surface area (Å²) in [5.74, 6) is 0.823. The minimum Gasteiger partial charge on any atom is -0.218 e. The summed E-state index contributed by atoms with van der Waals surface area (Å²) >= 11 is 3.24. The molecule has 1 aromatic rings. The van der Waals surface area contributed by atoms with Gasteiger partial charge in [0.05, 0.1) is 5.38 Å². The van der Waals surface area contributed by atoms with Gasteiger partial charge in [0, 0.05) is 0 Å². The average molecular weight is 158 g/mol. The van der Waals surface area contributed by atoms with Gasteiger partial charge in [-0.25, -0.2) is 4.79 Å². The van der Waals surface area contributed by atoms with Crippen molar-refractivity contribution in [1.29, 1.82) is 0 Å². The maximum atomic E-state index is 10.9. The first-order chi connectivity index (χ1) is 4.38. The van der Waals surface area contributed by atoms with Crippen LogP contribution >= 0.6 is 23.1 Å². The fourth-order valence-corrected chi connectivity index (χ4v) is 2.63. The van der Waals surface area contributed by atoms with Crippen LogP contribution in [-0.4, -0.2) is 11.7 Å². The second kappa shape index (κ2) is 1.82. The summed E-state index contributed by atoms with van der Waals surface area (Å²) in [6.45, 7) is 0. The van der Waals surface area contributed by atoms with E-state index in [2.05, 4.69) is 0 Å². The van der Waals surface area contributed by atoms with Crippen molar-refractivity contribution in [3.63, 3.8) is 0 Å². The number of nitrogens with zero attached hydrogens (tertiary/aromatic N) is 1. The molecule has 0 saturated carbocycles. The van der Waals surface area contributed by atoms with E-state index in [0.29, 0.717) is 5.75 Å². The molecule has 2 heterocycles. The molecule has 0 amide bonds. The quantitative estimate of drug-likeness (QED) is 0.520. The maximum Gasteiger partial charge on any atom is 0.404 e. The molecule has 0 aliphatic carbocycles. The van der Waals surface area contributed by atoms with Gasteiger partial charge in [0.25, 0.3) is 0 Å². The molecular weight excluding hydrogens is 154 g/mol. The third-order valence-electron chi connectivity index (χ3n) is 1.16. The number of rotatable bonds is 0. The van der Waals surface area contributed by atoms with Gasteiger partial charge in [0.2, 0.25) is 0 Å². The highest BCUT2D eigenvalue weighted by atomic mass is 32.2. The summed E-state index contributed by atoms with van der Waals surface area (Å²) in [5, 5.41) is 1.93. The number of aromatic nitrogens is 1. The van der Waals surface area contributed by atoms with Gasteiger partial charge >= 0.3 is 10.2 Å². The number of fused-ring (bicyclic) bond motifs is 1. The van der Waals surface area contributed by atoms with Gasteiger partial charge in [-0.3, -0.25) is 0 Å². The average Bonchev–Trinajstić information content (AvgIpc) is 2.35. The fourth-order valence-electron chi connectivity index (χ4n) is 0.749. The molecule has 0 bridgehead atoms. The van der Waals surface area contributed by atoms with Crippen molar-refractivity contribution in [2.24, 2.45) is 0 Å². The number of thiazole rings is 1. The van der Waals surface area contributed by atoms with E-state index < -0.39 is 0 Å². The highest BCUT2D eigenvalue weighted by Crippen LogP contribution is 2.22. The Morgan fingerprint density at radius 2 is 2.56 bits per heavy atom. The van der Waals surface area contributed by atoms with E-state index in [1.54, 1.807) is 27.7 Å². The van der Waals surface area contributed by atoms with Gasteiger partial charge in [0.1, 0.15) is 5.75 Å². The Morgan fingerprint density at radius 1 is 1.67 bits per heavy atom. The smallest absolute Gasteiger partial charge is 0.218 e. The van der Waals surface area contributed by atoms with E-state index in [1.165, 1.54) is 0 Å². The molecule has 0 radical (unpaired) electrons. The molecule has 1 aromatic heterocycles. The zero-order chi connectivity index (χ0) is 6.27. The molecule has 46 valence electrons. The highest BCUT2D eigenvalue weighted by Gasteiger charge is 2.30. The third-order valence-corrected chi connectivity index (χ3v) is 3.30. The van der Waals surface area contributed by atoms with Crippen LogP contribution in [0.25, 0.3) is 0 Å². The molecule has 1 aliphatic rings. The summed E-state index contributed by atoms with van der Waals surface area (Å²) in [7, 11) is 0. The lowest BCUT2D eigenvalue weighted by molar-refractivity contribution is -0.601. The molecule has 1 aliphatic heterocycles. The molecule has 0 unspecified atom stereocenters. The Kier molecular flexibility index (Phi) is 1.10. The Hall–Kier alpha value is -0.350. The van der Waals surface area contributed by atoms with E-state index in [0.717, 1.165) is 4.34 Å². The lowest BCUT2D eigenvalue weighted by Crippen LogP contribution is -2.38. The van der Waals surface area contributed by atoms with Crippen molar-refractivity contribution in [1.82, 2.24) is 0 Å². The van der Waals surface area contributed by atoms with Crippen LogP contribution in [0.15, 0.2) is 15.9 Å². The molecule has 2 rings (SSSR count). The summed E-state index contributed by atoms with van der Waals surface area (Å²) in [6.07, 6.45) is 1.82. The first-order valence-electron chi connectivity index (χ1n) is 2.53. The van der Waals surface area contributed by atoms with Gasteiger partial charge in [0.15, 0.2) is 6.20 Å². The number of carbonyl (C=O) groups is 1. The Balaban J connectivity index is 2.61. The van der Waals surface area contributed by atoms with E-state index in [9.17, 15) is 4.79 Å². The van der Waals surface area contributed by atoms with Crippen molar-refractivity contribution in [2.75, 3.05) is 5.75 Å². The van der Waals surface area contributed by atoms with Crippen molar-refractivity contribution >= 4 is 29.0 Å². The predicted octanol–water partition coefficient (Wildman–Crippen LogP) is 0.781. The van der Waals surface area contributed by atoms with E-state index in [-0.39, 0.29) is 5.91 Å². The molecule has 0 saturated heterocycles. The Labute approximate surface area is 60.5 Å². The van der Waals surface area contributed by atoms with E-state index >= 15 is 0 Å². The normalized spacial score (nSPS) is 16.2. The molecule has 4 heteroatoms. The monoisotopic (exact) mass is 158 g/mol. The lowest BCUT2D eigenvalue weighted by atomic mass is 10.7. The first kappa shape index (κ1) is 5.44. The topological polar surface area (TPSA) is 20.9 Å². The van der Waals surface area contributed by atoms with Crippen molar-refractivity contribution in [3.05, 3.63) is 11.6 Å². The second-order valence-corrected chi connectivity index (χ2v) is 3.84. The van der Waals surface area contributed by atoms with Gasteiger partial charge in [-0.15, -0.1) is 4.57 Å². The third kappa shape index (κ3) is 0.702. The summed E-state index contributed by atoms with van der Waals surface area (Å²) in [4.78, 5) is 10.9. The van der Waals surface area contributed by atoms with Gasteiger partial charge in [-0.05, 0) is 11.8 Å². The number of carbonyl (C=O) groups excluding carboxylic acids is 1. The number of hydrogen-bond donors (Lipinski definition) is 0.